The molecule has 0 fully saturated rings. The highest BCUT2D eigenvalue weighted by Gasteiger charge is 2.13. The molecule has 0 aromatic heterocycles. The Kier molecular flexibility index (Phi) is 6.14. The van der Waals surface area contributed by atoms with Crippen molar-refractivity contribution >= 4 is 35.0 Å². The lowest BCUT2D eigenvalue weighted by Gasteiger charge is -2.09. The maximum atomic E-state index is 12.0. The van der Waals surface area contributed by atoms with Gasteiger partial charge in [0, 0.05) is 17.8 Å². The molecule has 1 N–H and O–H groups in total. The minimum atomic E-state index is -0.603. The van der Waals surface area contributed by atoms with Crippen molar-refractivity contribution < 1.29 is 14.5 Å². The van der Waals surface area contributed by atoms with E-state index in [0.717, 1.165) is 5.56 Å². The lowest BCUT2D eigenvalue weighted by atomic mass is 10.2. The highest BCUT2D eigenvalue weighted by molar-refractivity contribution is 6.32. The van der Waals surface area contributed by atoms with Gasteiger partial charge in [0.25, 0.3) is 5.69 Å². The molecule has 0 bridgehead atoms. The third-order valence-electron chi connectivity index (χ3n) is 3.07. The second kappa shape index (κ2) is 8.30. The molecule has 0 saturated carbocycles. The monoisotopic (exact) mass is 360 g/mol. The van der Waals surface area contributed by atoms with Crippen LogP contribution in [-0.2, 0) is 4.79 Å². The second-order valence-corrected chi connectivity index (χ2v) is 5.89. The summed E-state index contributed by atoms with van der Waals surface area (Å²) in [7, 11) is 0. The van der Waals surface area contributed by atoms with Crippen LogP contribution in [0.25, 0.3) is 6.08 Å². The van der Waals surface area contributed by atoms with E-state index in [1.165, 1.54) is 24.3 Å². The molecule has 0 saturated heterocycles. The average molecular weight is 361 g/mol. The van der Waals surface area contributed by atoms with Crippen molar-refractivity contribution in [2.75, 3.05) is 5.32 Å². The Morgan fingerprint density at radius 3 is 2.72 bits per heavy atom. The van der Waals surface area contributed by atoms with Gasteiger partial charge in [-0.05, 0) is 49.8 Å². The van der Waals surface area contributed by atoms with E-state index in [-0.39, 0.29) is 16.8 Å². The minimum Gasteiger partial charge on any atom is -0.491 e. The Labute approximate surface area is 150 Å². The molecule has 2 aromatic carbocycles. The molecule has 0 heterocycles. The van der Waals surface area contributed by atoms with Crippen LogP contribution < -0.4 is 10.1 Å². The number of rotatable bonds is 6. The van der Waals surface area contributed by atoms with Crippen LogP contribution in [0.15, 0.2) is 48.5 Å². The van der Waals surface area contributed by atoms with E-state index < -0.39 is 10.8 Å². The molecule has 0 atom stereocenters. The number of nitrogens with zero attached hydrogens (tertiary/aromatic N) is 1. The molecule has 0 radical (unpaired) electrons. The summed E-state index contributed by atoms with van der Waals surface area (Å²) in [6, 6.07) is 11.4. The smallest absolute Gasteiger partial charge is 0.289 e. The first kappa shape index (κ1) is 18.5. The van der Waals surface area contributed by atoms with Gasteiger partial charge in [0.05, 0.1) is 11.0 Å². The Morgan fingerprint density at radius 1 is 1.28 bits per heavy atom. The summed E-state index contributed by atoms with van der Waals surface area (Å²) in [4.78, 5) is 22.2. The van der Waals surface area contributed by atoms with Gasteiger partial charge in [0.1, 0.15) is 10.8 Å². The number of nitro benzene ring substituents is 1. The highest BCUT2D eigenvalue weighted by Crippen LogP contribution is 2.27. The molecule has 1 amide bonds. The first-order valence-corrected chi connectivity index (χ1v) is 7.92. The number of carbonyl (C=O) groups is 1. The highest BCUT2D eigenvalue weighted by atomic mass is 35.5. The Hall–Kier alpha value is -2.86. The van der Waals surface area contributed by atoms with Crippen molar-refractivity contribution in [2.24, 2.45) is 0 Å². The SMILES string of the molecule is CC(C)Oc1cccc(/C=C/C(=O)Nc2ccc(Cl)c([N+](=O)[O-])c2)c1. The fraction of sp³-hybridized carbons (Fsp3) is 0.167. The fourth-order valence-corrected chi connectivity index (χ4v) is 2.24. The van der Waals surface area contributed by atoms with Crippen LogP contribution in [0.4, 0.5) is 11.4 Å². The predicted molar refractivity (Wildman–Crippen MR) is 98.0 cm³/mol. The topological polar surface area (TPSA) is 81.5 Å². The fourth-order valence-electron chi connectivity index (χ4n) is 2.05. The quantitative estimate of drug-likeness (QED) is 0.460. The molecular weight excluding hydrogens is 344 g/mol. The molecule has 6 nitrogen and oxygen atoms in total. The number of nitro groups is 1. The van der Waals surface area contributed by atoms with Gasteiger partial charge in [-0.2, -0.15) is 0 Å². The van der Waals surface area contributed by atoms with Gasteiger partial charge in [-0.25, -0.2) is 0 Å². The molecular formula is C18H17ClN2O4. The Balaban J connectivity index is 2.06. The van der Waals surface area contributed by atoms with Gasteiger partial charge >= 0.3 is 0 Å². The maximum Gasteiger partial charge on any atom is 0.289 e. The van der Waals surface area contributed by atoms with Gasteiger partial charge in [0.15, 0.2) is 0 Å². The molecule has 25 heavy (non-hydrogen) atoms. The van der Waals surface area contributed by atoms with Crippen LogP contribution in [0.3, 0.4) is 0 Å². The molecule has 0 aliphatic rings. The van der Waals surface area contributed by atoms with Crippen molar-refractivity contribution in [3.63, 3.8) is 0 Å². The normalized spacial score (nSPS) is 10.9. The average Bonchev–Trinajstić information content (AvgIpc) is 2.54. The summed E-state index contributed by atoms with van der Waals surface area (Å²) < 4.78 is 5.59. The summed E-state index contributed by atoms with van der Waals surface area (Å²) in [5, 5.41) is 13.4. The van der Waals surface area contributed by atoms with Crippen LogP contribution in [0.5, 0.6) is 5.75 Å². The number of amides is 1. The number of benzene rings is 2. The van der Waals surface area contributed by atoms with Gasteiger partial charge in [-0.1, -0.05) is 23.7 Å². The molecule has 0 unspecified atom stereocenters. The summed E-state index contributed by atoms with van der Waals surface area (Å²) in [6.07, 6.45) is 3.03. The number of nitrogens with one attached hydrogen (secondary N) is 1. The number of ether oxygens (including phenoxy) is 1. The number of carbonyl (C=O) groups excluding carboxylic acids is 1. The number of hydrogen-bond donors (Lipinski definition) is 1. The minimum absolute atomic E-state index is 0.0144. The Bertz CT molecular complexity index is 818. The van der Waals surface area contributed by atoms with Crippen LogP contribution in [0.1, 0.15) is 19.4 Å². The van der Waals surface area contributed by atoms with Crippen molar-refractivity contribution in [2.45, 2.75) is 20.0 Å². The molecule has 0 aliphatic carbocycles. The van der Waals surface area contributed by atoms with Crippen LogP contribution in [-0.4, -0.2) is 16.9 Å². The van der Waals surface area contributed by atoms with Crippen LogP contribution >= 0.6 is 11.6 Å². The zero-order chi connectivity index (χ0) is 18.4. The Morgan fingerprint density at radius 2 is 2.04 bits per heavy atom. The maximum absolute atomic E-state index is 12.0. The molecule has 2 rings (SSSR count). The van der Waals surface area contributed by atoms with E-state index >= 15 is 0 Å². The third kappa shape index (κ3) is 5.61. The lowest BCUT2D eigenvalue weighted by molar-refractivity contribution is -0.384. The van der Waals surface area contributed by atoms with E-state index in [1.54, 1.807) is 6.08 Å². The van der Waals surface area contributed by atoms with Crippen molar-refractivity contribution in [3.05, 3.63) is 69.2 Å². The van der Waals surface area contributed by atoms with E-state index in [4.69, 9.17) is 16.3 Å². The van der Waals surface area contributed by atoms with Gasteiger partial charge in [0.2, 0.25) is 5.91 Å². The summed E-state index contributed by atoms with van der Waals surface area (Å²) >= 11 is 5.74. The van der Waals surface area contributed by atoms with E-state index in [0.29, 0.717) is 11.4 Å². The third-order valence-corrected chi connectivity index (χ3v) is 3.39. The van der Waals surface area contributed by atoms with Gasteiger partial charge in [-0.3, -0.25) is 14.9 Å². The van der Waals surface area contributed by atoms with Crippen molar-refractivity contribution in [1.82, 2.24) is 0 Å². The summed E-state index contributed by atoms with van der Waals surface area (Å²) in [5.74, 6) is 0.303. The lowest BCUT2D eigenvalue weighted by Crippen LogP contribution is -2.08. The van der Waals surface area contributed by atoms with Gasteiger partial charge in [-0.15, -0.1) is 0 Å². The van der Waals surface area contributed by atoms with Crippen molar-refractivity contribution in [1.29, 1.82) is 0 Å². The standard InChI is InChI=1S/C18H17ClN2O4/c1-12(2)25-15-5-3-4-13(10-15)6-9-18(22)20-14-7-8-16(19)17(11-14)21(23)24/h3-12H,1-2H3,(H,20,22)/b9-6+. The van der Waals surface area contributed by atoms with Crippen LogP contribution in [0.2, 0.25) is 5.02 Å². The first-order chi connectivity index (χ1) is 11.8. The molecule has 2 aromatic rings. The van der Waals surface area contributed by atoms with Crippen LogP contribution in [0, 0.1) is 10.1 Å². The largest absolute Gasteiger partial charge is 0.491 e. The summed E-state index contributed by atoms with van der Waals surface area (Å²) in [6.45, 7) is 3.86. The predicted octanol–water partition coefficient (Wildman–Crippen LogP) is 4.69. The van der Waals surface area contributed by atoms with Gasteiger partial charge < -0.3 is 10.1 Å². The van der Waals surface area contributed by atoms with Crippen molar-refractivity contribution in [3.8, 4) is 5.75 Å². The zero-order valence-corrected chi connectivity index (χ0v) is 14.5. The number of anilines is 1. The number of halogens is 1. The molecule has 0 spiro atoms. The summed E-state index contributed by atoms with van der Waals surface area (Å²) in [5.41, 5.74) is 0.833. The zero-order valence-electron chi connectivity index (χ0n) is 13.7. The molecule has 130 valence electrons. The van der Waals surface area contributed by atoms with E-state index in [1.807, 2.05) is 38.1 Å². The van der Waals surface area contributed by atoms with E-state index in [9.17, 15) is 14.9 Å². The molecule has 0 aliphatic heterocycles. The first-order valence-electron chi connectivity index (χ1n) is 7.55. The van der Waals surface area contributed by atoms with E-state index in [2.05, 4.69) is 5.32 Å². The second-order valence-electron chi connectivity index (χ2n) is 5.48. The molecule has 7 heteroatoms. The number of hydrogen-bond acceptors (Lipinski definition) is 4.